The molecule has 2 N–H and O–H groups in total. The fourth-order valence-electron chi connectivity index (χ4n) is 6.04. The molecule has 1 atom stereocenters. The largest absolute Gasteiger partial charge is 0.495 e. The van der Waals surface area contributed by atoms with Crippen molar-refractivity contribution < 1.29 is 13.9 Å². The molecule has 1 amide bonds. The lowest BCUT2D eigenvalue weighted by molar-refractivity contribution is 0.0916. The lowest BCUT2D eigenvalue weighted by Crippen LogP contribution is -2.43. The van der Waals surface area contributed by atoms with E-state index >= 15 is 4.39 Å². The molecular weight excluding hydrogens is 513 g/mol. The number of carbonyl (C=O) groups excluding carboxylic acids is 1. The smallest absolute Gasteiger partial charge is 0.251 e. The molecule has 0 radical (unpaired) electrons. The minimum absolute atomic E-state index is 0.119. The van der Waals surface area contributed by atoms with Gasteiger partial charge in [-0.05, 0) is 70.9 Å². The number of nitrogens with one attached hydrogen (secondary N) is 2. The first-order valence-electron chi connectivity index (χ1n) is 14.0. The van der Waals surface area contributed by atoms with Crippen LogP contribution >= 0.6 is 0 Å². The molecule has 0 spiro atoms. The van der Waals surface area contributed by atoms with Gasteiger partial charge >= 0.3 is 0 Å². The van der Waals surface area contributed by atoms with Gasteiger partial charge in [-0.3, -0.25) is 9.36 Å². The van der Waals surface area contributed by atoms with Gasteiger partial charge in [-0.1, -0.05) is 12.8 Å². The summed E-state index contributed by atoms with van der Waals surface area (Å²) in [6.45, 7) is 3.62. The van der Waals surface area contributed by atoms with E-state index < -0.39 is 5.67 Å². The third-order valence-electron chi connectivity index (χ3n) is 8.29. The Labute approximate surface area is 233 Å². The summed E-state index contributed by atoms with van der Waals surface area (Å²) < 4.78 is 23.2. The molecular formula is C28H36FN9O2. The predicted octanol–water partition coefficient (Wildman–Crippen LogP) is 3.58. The van der Waals surface area contributed by atoms with Crippen LogP contribution in [0.3, 0.4) is 0 Å². The number of amides is 1. The van der Waals surface area contributed by atoms with Crippen LogP contribution < -0.4 is 20.3 Å². The van der Waals surface area contributed by atoms with Crippen LogP contribution in [0.25, 0.3) is 5.69 Å². The molecule has 1 saturated heterocycles. The van der Waals surface area contributed by atoms with E-state index in [1.807, 2.05) is 0 Å². The molecule has 3 aliphatic rings. The normalized spacial score (nSPS) is 21.9. The molecule has 2 aliphatic heterocycles. The quantitative estimate of drug-likeness (QED) is 0.476. The molecule has 1 aliphatic carbocycles. The zero-order valence-corrected chi connectivity index (χ0v) is 23.2. The predicted molar refractivity (Wildman–Crippen MR) is 149 cm³/mol. The van der Waals surface area contributed by atoms with Gasteiger partial charge in [-0.2, -0.15) is 4.98 Å². The Morgan fingerprint density at radius 1 is 1.18 bits per heavy atom. The Hall–Kier alpha value is -3.80. The van der Waals surface area contributed by atoms with Crippen LogP contribution in [0.15, 0.2) is 30.7 Å². The zero-order chi connectivity index (χ0) is 27.9. The van der Waals surface area contributed by atoms with Crippen molar-refractivity contribution in [2.75, 3.05) is 44.0 Å². The molecule has 12 heteroatoms. The lowest BCUT2D eigenvalue weighted by atomic mass is 10.0. The van der Waals surface area contributed by atoms with E-state index in [1.165, 1.54) is 6.33 Å². The number of piperidine rings is 1. The maximum absolute atomic E-state index is 16.0. The molecule has 0 bridgehead atoms. The average Bonchev–Trinajstić information content (AvgIpc) is 3.65. The maximum atomic E-state index is 16.0. The van der Waals surface area contributed by atoms with Gasteiger partial charge in [0, 0.05) is 17.6 Å². The summed E-state index contributed by atoms with van der Waals surface area (Å²) in [6, 6.07) is 5.63. The molecule has 6 rings (SSSR count). The Kier molecular flexibility index (Phi) is 7.03. The van der Waals surface area contributed by atoms with Gasteiger partial charge in [0.2, 0.25) is 5.95 Å². The number of alkyl halides is 1. The second-order valence-corrected chi connectivity index (χ2v) is 11.3. The number of hydrogen-bond donors (Lipinski definition) is 2. The van der Waals surface area contributed by atoms with Crippen LogP contribution in [0.2, 0.25) is 0 Å². The molecule has 11 nitrogen and oxygen atoms in total. The van der Waals surface area contributed by atoms with E-state index in [0.29, 0.717) is 34.5 Å². The summed E-state index contributed by atoms with van der Waals surface area (Å²) in [5, 5.41) is 14.5. The Morgan fingerprint density at radius 3 is 2.70 bits per heavy atom. The van der Waals surface area contributed by atoms with Gasteiger partial charge in [0.25, 0.3) is 5.91 Å². The van der Waals surface area contributed by atoms with Gasteiger partial charge in [-0.15, -0.1) is 10.2 Å². The molecule has 3 aromatic rings. The first-order chi connectivity index (χ1) is 19.3. The van der Waals surface area contributed by atoms with E-state index in [-0.39, 0.29) is 30.4 Å². The Morgan fingerprint density at radius 2 is 1.95 bits per heavy atom. The average molecular weight is 550 g/mol. The second-order valence-electron chi connectivity index (χ2n) is 11.3. The fourth-order valence-corrected chi connectivity index (χ4v) is 6.04. The number of aromatic nitrogens is 5. The third kappa shape index (κ3) is 5.07. The number of nitrogens with zero attached hydrogens (tertiary/aromatic N) is 7. The molecule has 212 valence electrons. The summed E-state index contributed by atoms with van der Waals surface area (Å²) in [4.78, 5) is 26.7. The number of halogens is 1. The van der Waals surface area contributed by atoms with Crippen LogP contribution in [0.5, 0.6) is 5.75 Å². The topological polar surface area (TPSA) is 113 Å². The number of methoxy groups -OCH3 is 1. The number of likely N-dealkylation sites (tertiary alicyclic amines) is 1. The van der Waals surface area contributed by atoms with Crippen molar-refractivity contribution in [3.8, 4) is 11.4 Å². The van der Waals surface area contributed by atoms with Crippen molar-refractivity contribution in [1.29, 1.82) is 0 Å². The van der Waals surface area contributed by atoms with Gasteiger partial charge in [0.15, 0.2) is 17.3 Å². The molecule has 2 fully saturated rings. The highest BCUT2D eigenvalue weighted by Gasteiger charge is 2.42. The van der Waals surface area contributed by atoms with Gasteiger partial charge in [0.05, 0.1) is 25.5 Å². The Balaban J connectivity index is 1.27. The number of ether oxygens (including phenoxy) is 1. The summed E-state index contributed by atoms with van der Waals surface area (Å²) in [7, 11) is 3.66. The van der Waals surface area contributed by atoms with E-state index in [1.54, 1.807) is 43.0 Å². The van der Waals surface area contributed by atoms with Crippen molar-refractivity contribution >= 4 is 23.4 Å². The number of fused-ring (bicyclic) bond motifs is 3. The van der Waals surface area contributed by atoms with E-state index in [2.05, 4.69) is 42.7 Å². The zero-order valence-electron chi connectivity index (χ0n) is 23.2. The van der Waals surface area contributed by atoms with Crippen molar-refractivity contribution in [2.45, 2.75) is 63.2 Å². The van der Waals surface area contributed by atoms with E-state index in [9.17, 15) is 4.79 Å². The number of rotatable bonds is 6. The SMILES string of the molecule is COc1cc(C(=O)NC2CCN(C)CC2)ccc1Nc1ncc2c(n1)N(C1CCCC1)CC(C)(F)c1nncn1-2. The second kappa shape index (κ2) is 10.6. The first-order valence-corrected chi connectivity index (χ1v) is 14.0. The van der Waals surface area contributed by atoms with Crippen molar-refractivity contribution in [3.05, 3.63) is 42.1 Å². The van der Waals surface area contributed by atoms with Crippen LogP contribution in [-0.2, 0) is 5.67 Å². The van der Waals surface area contributed by atoms with Crippen molar-refractivity contribution in [3.63, 3.8) is 0 Å². The molecule has 1 aromatic carbocycles. The van der Waals surface area contributed by atoms with Gasteiger partial charge in [-0.25, -0.2) is 9.37 Å². The summed E-state index contributed by atoms with van der Waals surface area (Å²) >= 11 is 0. The van der Waals surface area contributed by atoms with Crippen LogP contribution in [0.4, 0.5) is 21.8 Å². The molecule has 2 aromatic heterocycles. The van der Waals surface area contributed by atoms with Gasteiger partial charge < -0.3 is 25.2 Å². The third-order valence-corrected chi connectivity index (χ3v) is 8.29. The minimum Gasteiger partial charge on any atom is -0.495 e. The number of benzene rings is 1. The first kappa shape index (κ1) is 26.4. The Bertz CT molecular complexity index is 1380. The minimum atomic E-state index is -1.71. The maximum Gasteiger partial charge on any atom is 0.251 e. The standard InChI is InChI=1S/C28H36FN9O2/c1-28(29)16-37(20-6-4-5-7-20)24-22(38-17-31-35-26(28)38)15-30-27(34-24)33-21-9-8-18(14-23(21)40-3)25(39)32-19-10-12-36(2)13-11-19/h8-9,14-15,17,19-20H,4-7,10-13,16H2,1-3H3,(H,32,39)(H,30,33,34). The fraction of sp³-hybridized carbons (Fsp3) is 0.536. The molecule has 1 saturated carbocycles. The highest BCUT2D eigenvalue weighted by Crippen LogP contribution is 2.40. The van der Waals surface area contributed by atoms with Crippen molar-refractivity contribution in [1.82, 2.24) is 34.9 Å². The molecule has 40 heavy (non-hydrogen) atoms. The highest BCUT2D eigenvalue weighted by molar-refractivity contribution is 5.95. The monoisotopic (exact) mass is 549 g/mol. The molecule has 4 heterocycles. The van der Waals surface area contributed by atoms with E-state index in [0.717, 1.165) is 51.6 Å². The lowest BCUT2D eigenvalue weighted by Gasteiger charge is -2.33. The number of hydrogen-bond acceptors (Lipinski definition) is 9. The van der Waals surface area contributed by atoms with Gasteiger partial charge in [0.1, 0.15) is 17.8 Å². The van der Waals surface area contributed by atoms with Crippen LogP contribution in [0, 0.1) is 0 Å². The molecule has 1 unspecified atom stereocenters. The highest BCUT2D eigenvalue weighted by atomic mass is 19.1. The summed E-state index contributed by atoms with van der Waals surface area (Å²) in [5.74, 6) is 1.61. The number of carbonyl (C=O) groups is 1. The number of anilines is 3. The summed E-state index contributed by atoms with van der Waals surface area (Å²) in [5.41, 5.74) is 0.0888. The summed E-state index contributed by atoms with van der Waals surface area (Å²) in [6.07, 6.45) is 9.24. The van der Waals surface area contributed by atoms with E-state index in [4.69, 9.17) is 9.72 Å². The van der Waals surface area contributed by atoms with Crippen molar-refractivity contribution in [2.24, 2.45) is 0 Å². The van der Waals surface area contributed by atoms with Crippen LogP contribution in [-0.4, -0.2) is 81.4 Å². The van der Waals surface area contributed by atoms with Crippen LogP contribution in [0.1, 0.15) is 61.6 Å².